The number of benzene rings is 1. The smallest absolute Gasteiger partial charge is 0.244 e. The molecule has 4 rings (SSSR count). The minimum Gasteiger partial charge on any atom is -0.444 e. The summed E-state index contributed by atoms with van der Waals surface area (Å²) >= 11 is 12.6. The van der Waals surface area contributed by atoms with Crippen molar-refractivity contribution in [2.75, 3.05) is 12.4 Å². The fourth-order valence-electron chi connectivity index (χ4n) is 3.06. The van der Waals surface area contributed by atoms with Crippen LogP contribution in [0.4, 0.5) is 5.82 Å². The summed E-state index contributed by atoms with van der Waals surface area (Å²) in [4.78, 5) is 23.8. The van der Waals surface area contributed by atoms with Gasteiger partial charge in [-0.05, 0) is 22.4 Å². The average Bonchev–Trinajstić information content (AvgIpc) is 3.46. The highest BCUT2D eigenvalue weighted by atomic mass is 35.5. The molecule has 1 aliphatic heterocycles. The third-order valence-corrected chi connectivity index (χ3v) is 5.05. The zero-order valence-corrected chi connectivity index (χ0v) is 19.0. The number of hydrogen-bond donors (Lipinski definition) is 1. The van der Waals surface area contributed by atoms with Gasteiger partial charge in [0.1, 0.15) is 5.69 Å². The van der Waals surface area contributed by atoms with Crippen LogP contribution in [0.2, 0.25) is 10.0 Å². The Balaban J connectivity index is 1.77. The molecule has 33 heavy (non-hydrogen) atoms. The van der Waals surface area contributed by atoms with Crippen LogP contribution in [0.5, 0.6) is 0 Å². The summed E-state index contributed by atoms with van der Waals surface area (Å²) in [5.41, 5.74) is 0.868. The van der Waals surface area contributed by atoms with E-state index in [1.807, 2.05) is 0 Å². The van der Waals surface area contributed by atoms with Crippen molar-refractivity contribution in [3.8, 4) is 5.82 Å². The Morgan fingerprint density at radius 3 is 2.58 bits per heavy atom. The Kier molecular flexibility index (Phi) is 6.26. The number of aromatic nitrogens is 5. The number of carbonyl (C=O) groups is 2. The molecule has 15 heteroatoms. The number of nitrogens with one attached hydrogen (secondary N) is 1. The quantitative estimate of drug-likeness (QED) is 0.543. The summed E-state index contributed by atoms with van der Waals surface area (Å²) < 4.78 is 17.2. The molecule has 0 fully saturated rings. The normalized spacial score (nSPS) is 15.4. The van der Waals surface area contributed by atoms with Gasteiger partial charge in [-0.3, -0.25) is 9.59 Å². The molecule has 1 N–H and O–H groups in total. The van der Waals surface area contributed by atoms with E-state index in [2.05, 4.69) is 31.0 Å². The van der Waals surface area contributed by atoms with Gasteiger partial charge in [-0.25, -0.2) is 4.63 Å². The molecule has 1 aliphatic rings. The molecule has 1 aromatic carbocycles. The van der Waals surface area contributed by atoms with Gasteiger partial charge in [0, 0.05) is 21.0 Å². The van der Waals surface area contributed by atoms with Crippen molar-refractivity contribution in [1.29, 1.82) is 0 Å². The van der Waals surface area contributed by atoms with Gasteiger partial charge in [-0.15, -0.1) is 10.2 Å². The second kappa shape index (κ2) is 9.13. The lowest BCUT2D eigenvalue weighted by Gasteiger charge is -2.18. The number of halogens is 2. The second-order valence-corrected chi connectivity index (χ2v) is 7.53. The molecule has 0 aliphatic carbocycles. The molecule has 13 nitrogen and oxygen atoms in total. The molecule has 1 atom stereocenters. The van der Waals surface area contributed by atoms with E-state index in [-0.39, 0.29) is 29.8 Å². The summed E-state index contributed by atoms with van der Waals surface area (Å²) in [5.74, 6) is -0.716. The van der Waals surface area contributed by atoms with Gasteiger partial charge in [-0.1, -0.05) is 34.5 Å². The van der Waals surface area contributed by atoms with Crippen molar-refractivity contribution in [1.82, 2.24) is 30.3 Å². The van der Waals surface area contributed by atoms with Gasteiger partial charge in [0.15, 0.2) is 5.69 Å². The van der Waals surface area contributed by atoms with Crippen molar-refractivity contribution in [3.05, 3.63) is 45.2 Å². The first-order valence-corrected chi connectivity index (χ1v) is 10.1. The zero-order chi connectivity index (χ0) is 23.7. The predicted octanol–water partition coefficient (Wildman–Crippen LogP) is 2.30. The van der Waals surface area contributed by atoms with E-state index in [4.69, 9.17) is 37.3 Å². The Morgan fingerprint density at radius 2 is 1.94 bits per heavy atom. The van der Waals surface area contributed by atoms with Crippen LogP contribution in [0.1, 0.15) is 37.0 Å². The predicted molar refractivity (Wildman–Crippen MR) is 114 cm³/mol. The van der Waals surface area contributed by atoms with Crippen molar-refractivity contribution >= 4 is 46.7 Å². The summed E-state index contributed by atoms with van der Waals surface area (Å²) in [7, 11) is 1.46. The van der Waals surface area contributed by atoms with Crippen LogP contribution in [0.25, 0.3) is 5.82 Å². The van der Waals surface area contributed by atoms with E-state index in [0.717, 1.165) is 5.01 Å². The molecular weight excluding hydrogens is 479 g/mol. The van der Waals surface area contributed by atoms with Crippen LogP contribution >= 0.6 is 23.2 Å². The molecule has 0 saturated heterocycles. The topological polar surface area (TPSA) is 150 Å². The summed E-state index contributed by atoms with van der Waals surface area (Å²) in [6.07, 6.45) is -1.10. The summed E-state index contributed by atoms with van der Waals surface area (Å²) in [6, 6.07) is 4.91. The van der Waals surface area contributed by atoms with Crippen LogP contribution in [-0.2, 0) is 25.7 Å². The first-order valence-electron chi connectivity index (χ1n) is 9.35. The molecule has 3 heterocycles. The molecule has 0 radical (unpaired) electrons. The summed E-state index contributed by atoms with van der Waals surface area (Å²) in [5, 5.41) is 24.1. The fourth-order valence-corrected chi connectivity index (χ4v) is 3.62. The lowest BCUT2D eigenvalue weighted by atomic mass is 10.2. The summed E-state index contributed by atoms with van der Waals surface area (Å²) in [6.45, 7) is 2.60. The van der Waals surface area contributed by atoms with E-state index in [1.165, 1.54) is 25.6 Å². The monoisotopic (exact) mass is 494 g/mol. The van der Waals surface area contributed by atoms with E-state index >= 15 is 0 Å². The molecule has 0 saturated carbocycles. The molecular formula is C18H16Cl2N8O5. The Labute approximate surface area is 196 Å². The van der Waals surface area contributed by atoms with Crippen LogP contribution in [0.15, 0.2) is 27.9 Å². The number of carbonyl (C=O) groups excluding carboxylic acids is 2. The van der Waals surface area contributed by atoms with Gasteiger partial charge in [-0.2, -0.15) is 9.69 Å². The number of hydrogen-bond acceptors (Lipinski definition) is 10. The highest BCUT2D eigenvalue weighted by molar-refractivity contribution is 6.39. The van der Waals surface area contributed by atoms with Gasteiger partial charge in [0.25, 0.3) is 0 Å². The lowest BCUT2D eigenvalue weighted by Crippen LogP contribution is -2.26. The Morgan fingerprint density at radius 1 is 1.21 bits per heavy atom. The third kappa shape index (κ3) is 4.25. The lowest BCUT2D eigenvalue weighted by molar-refractivity contribution is -0.135. The van der Waals surface area contributed by atoms with E-state index < -0.39 is 18.0 Å². The van der Waals surface area contributed by atoms with Crippen molar-refractivity contribution in [2.45, 2.75) is 26.7 Å². The maximum Gasteiger partial charge on any atom is 0.244 e. The molecule has 172 valence electrons. The molecule has 3 aromatic rings. The highest BCUT2D eigenvalue weighted by Crippen LogP contribution is 2.35. The number of hydrazone groups is 1. The Bertz CT molecular complexity index is 1240. The molecule has 0 spiro atoms. The highest BCUT2D eigenvalue weighted by Gasteiger charge is 2.39. The second-order valence-electron chi connectivity index (χ2n) is 6.72. The number of amides is 2. The Hall–Kier alpha value is -3.55. The number of rotatable bonds is 6. The standard InChI is InChI=1S/C18H16Cl2N8O5/c1-8(29)21-15-16(25-33-24-15)28-12(7-31-3)14(22-26-28)18-27(9(2)30)23-17(32-18)13-10(19)5-4-6-11(13)20/h4-6,18H,7H2,1-3H3,(H,21,24,29)/t18-/m0/s1. The molecule has 2 aromatic heterocycles. The first-order chi connectivity index (χ1) is 15.8. The van der Waals surface area contributed by atoms with Gasteiger partial charge in [0.05, 0.1) is 22.2 Å². The maximum absolute atomic E-state index is 12.4. The van der Waals surface area contributed by atoms with Gasteiger partial charge < -0.3 is 14.8 Å². The minimum atomic E-state index is -1.10. The first kappa shape index (κ1) is 22.6. The van der Waals surface area contributed by atoms with Crippen LogP contribution < -0.4 is 5.32 Å². The van der Waals surface area contributed by atoms with Crippen LogP contribution in [0.3, 0.4) is 0 Å². The number of anilines is 1. The van der Waals surface area contributed by atoms with Gasteiger partial charge >= 0.3 is 0 Å². The van der Waals surface area contributed by atoms with E-state index in [0.29, 0.717) is 21.3 Å². The molecule has 0 bridgehead atoms. The molecule has 2 amide bonds. The maximum atomic E-state index is 12.4. The van der Waals surface area contributed by atoms with Crippen molar-refractivity contribution in [3.63, 3.8) is 0 Å². The third-order valence-electron chi connectivity index (χ3n) is 4.42. The van der Waals surface area contributed by atoms with Crippen LogP contribution in [0, 0.1) is 0 Å². The van der Waals surface area contributed by atoms with Crippen LogP contribution in [-0.4, -0.2) is 55.1 Å². The number of nitrogens with zero attached hydrogens (tertiary/aromatic N) is 7. The number of methoxy groups -OCH3 is 1. The van der Waals surface area contributed by atoms with Crippen molar-refractivity contribution < 1.29 is 23.7 Å². The zero-order valence-electron chi connectivity index (χ0n) is 17.4. The minimum absolute atomic E-state index is 0.0114. The average molecular weight is 495 g/mol. The SMILES string of the molecule is COCc1c([C@@H]2OC(c3c(Cl)cccc3Cl)=NN2C(C)=O)nnn1-c1nonc1NC(C)=O. The van der Waals surface area contributed by atoms with E-state index in [1.54, 1.807) is 18.2 Å². The van der Waals surface area contributed by atoms with E-state index in [9.17, 15) is 9.59 Å². The fraction of sp³-hybridized carbons (Fsp3) is 0.278. The van der Waals surface area contributed by atoms with Gasteiger partial charge in [0.2, 0.25) is 35.6 Å². The largest absolute Gasteiger partial charge is 0.444 e. The molecule has 0 unspecified atom stereocenters. The van der Waals surface area contributed by atoms with Crippen molar-refractivity contribution in [2.24, 2.45) is 5.10 Å². The number of ether oxygens (including phenoxy) is 2.